The molecule has 2 N–H and O–H groups in total. The molecule has 1 aliphatic heterocycles. The van der Waals surface area contributed by atoms with Crippen LogP contribution in [0.2, 0.25) is 0 Å². The number of sulfonamides is 1. The highest BCUT2D eigenvalue weighted by molar-refractivity contribution is 7.89. The zero-order chi connectivity index (χ0) is 18.7. The molecule has 25 heavy (non-hydrogen) atoms. The fourth-order valence-electron chi connectivity index (χ4n) is 3.05. The molecule has 1 amide bonds. The minimum absolute atomic E-state index is 0.0318. The van der Waals surface area contributed by atoms with E-state index in [0.717, 1.165) is 32.5 Å². The van der Waals surface area contributed by atoms with E-state index in [2.05, 4.69) is 10.0 Å². The van der Waals surface area contributed by atoms with E-state index in [1.54, 1.807) is 32.9 Å². The zero-order valence-electron chi connectivity index (χ0n) is 15.5. The molecule has 7 heteroatoms. The van der Waals surface area contributed by atoms with Gasteiger partial charge in [-0.2, -0.15) is 0 Å². The van der Waals surface area contributed by atoms with Crippen LogP contribution in [0.1, 0.15) is 44.0 Å². The van der Waals surface area contributed by atoms with Gasteiger partial charge in [-0.05, 0) is 77.4 Å². The van der Waals surface area contributed by atoms with Crippen molar-refractivity contribution in [3.63, 3.8) is 0 Å². The van der Waals surface area contributed by atoms with Gasteiger partial charge >= 0.3 is 0 Å². The molecule has 0 unspecified atom stereocenters. The summed E-state index contributed by atoms with van der Waals surface area (Å²) in [6.45, 7) is 7.85. The number of amides is 1. The highest BCUT2D eigenvalue weighted by Crippen LogP contribution is 2.20. The Bertz CT molecular complexity index is 685. The van der Waals surface area contributed by atoms with Crippen LogP contribution in [0.5, 0.6) is 0 Å². The number of nitrogens with one attached hydrogen (secondary N) is 2. The van der Waals surface area contributed by atoms with E-state index in [0.29, 0.717) is 11.5 Å². The minimum atomic E-state index is -3.58. The highest BCUT2D eigenvalue weighted by Gasteiger charge is 2.25. The lowest BCUT2D eigenvalue weighted by molar-refractivity contribution is 0.0691. The molecule has 1 fully saturated rings. The van der Waals surface area contributed by atoms with Crippen LogP contribution in [-0.4, -0.2) is 51.4 Å². The summed E-state index contributed by atoms with van der Waals surface area (Å²) in [5.74, 6) is 0.584. The Morgan fingerprint density at radius 2 is 1.72 bits per heavy atom. The molecule has 0 bridgehead atoms. The fraction of sp³-hybridized carbons (Fsp3) is 0.611. The number of nitrogens with zero attached hydrogens (tertiary/aromatic N) is 1. The number of rotatable bonds is 5. The number of likely N-dealkylation sites (tertiary alicyclic amines) is 1. The van der Waals surface area contributed by atoms with Crippen molar-refractivity contribution in [3.8, 4) is 0 Å². The topological polar surface area (TPSA) is 78.5 Å². The van der Waals surface area contributed by atoms with Gasteiger partial charge in [0, 0.05) is 24.2 Å². The largest absolute Gasteiger partial charge is 0.339 e. The van der Waals surface area contributed by atoms with Crippen molar-refractivity contribution < 1.29 is 13.2 Å². The third kappa shape index (κ3) is 5.52. The van der Waals surface area contributed by atoms with Gasteiger partial charge in [0.25, 0.3) is 5.91 Å². The quantitative estimate of drug-likeness (QED) is 0.832. The molecule has 0 radical (unpaired) electrons. The van der Waals surface area contributed by atoms with Crippen LogP contribution in [0.4, 0.5) is 0 Å². The monoisotopic (exact) mass is 367 g/mol. The van der Waals surface area contributed by atoms with E-state index < -0.39 is 15.6 Å². The van der Waals surface area contributed by atoms with Crippen molar-refractivity contribution in [2.45, 2.75) is 44.0 Å². The molecule has 2 rings (SSSR count). The van der Waals surface area contributed by atoms with Crippen LogP contribution in [0.25, 0.3) is 0 Å². The van der Waals surface area contributed by atoms with Gasteiger partial charge in [-0.15, -0.1) is 0 Å². The van der Waals surface area contributed by atoms with Crippen LogP contribution in [0.15, 0.2) is 29.2 Å². The summed E-state index contributed by atoms with van der Waals surface area (Å²) < 4.78 is 27.2. The molecular weight excluding hydrogens is 338 g/mol. The molecular formula is C18H29N3O3S. The van der Waals surface area contributed by atoms with Gasteiger partial charge < -0.3 is 10.2 Å². The summed E-state index contributed by atoms with van der Waals surface area (Å²) in [5, 5.41) is 3.18. The molecule has 0 saturated carbocycles. The Kier molecular flexibility index (Phi) is 6.24. The van der Waals surface area contributed by atoms with Crippen LogP contribution in [0, 0.1) is 5.92 Å². The first-order chi connectivity index (χ1) is 11.6. The highest BCUT2D eigenvalue weighted by atomic mass is 32.2. The van der Waals surface area contributed by atoms with Crippen molar-refractivity contribution in [1.82, 2.24) is 14.9 Å². The van der Waals surface area contributed by atoms with Crippen molar-refractivity contribution in [2.75, 3.05) is 26.7 Å². The molecule has 0 aliphatic carbocycles. The lowest BCUT2D eigenvalue weighted by atomic mass is 9.96. The molecule has 1 aromatic rings. The van der Waals surface area contributed by atoms with E-state index >= 15 is 0 Å². The molecule has 1 aromatic carbocycles. The number of hydrogen-bond acceptors (Lipinski definition) is 4. The first kappa shape index (κ1) is 19.9. The fourth-order valence-corrected chi connectivity index (χ4v) is 4.47. The smallest absolute Gasteiger partial charge is 0.253 e. The Labute approximate surface area is 151 Å². The van der Waals surface area contributed by atoms with Crippen molar-refractivity contribution in [3.05, 3.63) is 29.8 Å². The molecule has 0 spiro atoms. The molecule has 0 atom stereocenters. The molecule has 140 valence electrons. The lowest BCUT2D eigenvalue weighted by Gasteiger charge is -2.32. The predicted molar refractivity (Wildman–Crippen MR) is 99.1 cm³/mol. The van der Waals surface area contributed by atoms with E-state index in [1.165, 1.54) is 12.1 Å². The summed E-state index contributed by atoms with van der Waals surface area (Å²) in [4.78, 5) is 14.6. The van der Waals surface area contributed by atoms with Crippen LogP contribution >= 0.6 is 0 Å². The maximum absolute atomic E-state index is 12.6. The van der Waals surface area contributed by atoms with Crippen LogP contribution < -0.4 is 10.0 Å². The second kappa shape index (κ2) is 7.85. The Hall–Kier alpha value is -1.44. The van der Waals surface area contributed by atoms with Gasteiger partial charge in [0.15, 0.2) is 0 Å². The SMILES string of the molecule is CNCC1CCN(C(=O)c2ccc(S(=O)(=O)NC(C)(C)C)cc2)CC1. The average molecular weight is 368 g/mol. The Balaban J connectivity index is 2.04. The van der Waals surface area contributed by atoms with Gasteiger partial charge in [-0.3, -0.25) is 4.79 Å². The molecule has 1 aliphatic rings. The summed E-state index contributed by atoms with van der Waals surface area (Å²) in [7, 11) is -1.63. The van der Waals surface area contributed by atoms with Crippen molar-refractivity contribution in [1.29, 1.82) is 0 Å². The van der Waals surface area contributed by atoms with Gasteiger partial charge in [0.2, 0.25) is 10.0 Å². The third-order valence-electron chi connectivity index (χ3n) is 4.25. The van der Waals surface area contributed by atoms with E-state index in [1.807, 2.05) is 11.9 Å². The first-order valence-corrected chi connectivity index (χ1v) is 10.2. The number of carbonyl (C=O) groups excluding carboxylic acids is 1. The first-order valence-electron chi connectivity index (χ1n) is 8.70. The maximum Gasteiger partial charge on any atom is 0.253 e. The maximum atomic E-state index is 12.6. The number of hydrogen-bond donors (Lipinski definition) is 2. The van der Waals surface area contributed by atoms with Gasteiger partial charge in [-0.1, -0.05) is 0 Å². The number of piperidine rings is 1. The zero-order valence-corrected chi connectivity index (χ0v) is 16.3. The van der Waals surface area contributed by atoms with Crippen LogP contribution in [0.3, 0.4) is 0 Å². The summed E-state index contributed by atoms with van der Waals surface area (Å²) in [5.41, 5.74) is -0.0212. The normalized spacial score (nSPS) is 16.9. The van der Waals surface area contributed by atoms with E-state index in [4.69, 9.17) is 0 Å². The van der Waals surface area contributed by atoms with Gasteiger partial charge in [0.1, 0.15) is 0 Å². The molecule has 1 saturated heterocycles. The predicted octanol–water partition coefficient (Wildman–Crippen LogP) is 1.84. The van der Waals surface area contributed by atoms with Crippen molar-refractivity contribution in [2.24, 2.45) is 5.92 Å². The molecule has 1 heterocycles. The van der Waals surface area contributed by atoms with Crippen molar-refractivity contribution >= 4 is 15.9 Å². The Morgan fingerprint density at radius 3 is 2.20 bits per heavy atom. The standard InChI is InChI=1S/C18H29N3O3S/c1-18(2,3)20-25(23,24)16-7-5-15(6-8-16)17(22)21-11-9-14(10-12-21)13-19-4/h5-8,14,19-20H,9-13H2,1-4H3. The van der Waals surface area contributed by atoms with Gasteiger partial charge in [0.05, 0.1) is 4.90 Å². The number of carbonyl (C=O) groups is 1. The van der Waals surface area contributed by atoms with E-state index in [-0.39, 0.29) is 10.8 Å². The molecule has 6 nitrogen and oxygen atoms in total. The minimum Gasteiger partial charge on any atom is -0.339 e. The second-order valence-corrected chi connectivity index (χ2v) is 9.36. The van der Waals surface area contributed by atoms with Gasteiger partial charge in [-0.25, -0.2) is 13.1 Å². The number of benzene rings is 1. The summed E-state index contributed by atoms with van der Waals surface area (Å²) >= 11 is 0. The van der Waals surface area contributed by atoms with E-state index in [9.17, 15) is 13.2 Å². The summed E-state index contributed by atoms with van der Waals surface area (Å²) in [6, 6.07) is 6.18. The lowest BCUT2D eigenvalue weighted by Crippen LogP contribution is -2.41. The Morgan fingerprint density at radius 1 is 1.16 bits per heavy atom. The molecule has 0 aromatic heterocycles. The summed E-state index contributed by atoms with van der Waals surface area (Å²) in [6.07, 6.45) is 1.99. The second-order valence-electron chi connectivity index (χ2n) is 7.67. The average Bonchev–Trinajstić information content (AvgIpc) is 2.53. The van der Waals surface area contributed by atoms with Crippen LogP contribution in [-0.2, 0) is 10.0 Å². The third-order valence-corrected chi connectivity index (χ3v) is 6.02.